The SMILES string of the molecule is CCN(CC)C(C)CNCc1ccc(C)o1. The molecule has 1 atom stereocenters. The van der Waals surface area contributed by atoms with Crippen molar-refractivity contribution in [2.45, 2.75) is 40.3 Å². The Bertz CT molecular complexity index is 292. The zero-order valence-electron chi connectivity index (χ0n) is 10.9. The maximum absolute atomic E-state index is 5.50. The van der Waals surface area contributed by atoms with Gasteiger partial charge in [0.15, 0.2) is 0 Å². The highest BCUT2D eigenvalue weighted by Gasteiger charge is 2.09. The van der Waals surface area contributed by atoms with Gasteiger partial charge in [0.2, 0.25) is 0 Å². The number of furan rings is 1. The van der Waals surface area contributed by atoms with Crippen molar-refractivity contribution in [3.8, 4) is 0 Å². The van der Waals surface area contributed by atoms with Crippen molar-refractivity contribution in [2.24, 2.45) is 0 Å². The third-order valence-electron chi connectivity index (χ3n) is 2.97. The first-order chi connectivity index (χ1) is 7.67. The number of hydrogen-bond acceptors (Lipinski definition) is 3. The maximum atomic E-state index is 5.50. The molecule has 16 heavy (non-hydrogen) atoms. The van der Waals surface area contributed by atoms with Crippen LogP contribution in [0.5, 0.6) is 0 Å². The molecule has 1 aromatic rings. The van der Waals surface area contributed by atoms with Gasteiger partial charge in [0.25, 0.3) is 0 Å². The van der Waals surface area contributed by atoms with Gasteiger partial charge in [-0.25, -0.2) is 0 Å². The Kier molecular flexibility index (Phi) is 5.56. The van der Waals surface area contributed by atoms with Crippen LogP contribution in [0.3, 0.4) is 0 Å². The summed E-state index contributed by atoms with van der Waals surface area (Å²) in [5.41, 5.74) is 0. The quantitative estimate of drug-likeness (QED) is 0.771. The van der Waals surface area contributed by atoms with E-state index in [4.69, 9.17) is 4.42 Å². The zero-order valence-corrected chi connectivity index (χ0v) is 10.9. The van der Waals surface area contributed by atoms with Gasteiger partial charge >= 0.3 is 0 Å². The minimum Gasteiger partial charge on any atom is -0.465 e. The third kappa shape index (κ3) is 3.99. The lowest BCUT2D eigenvalue weighted by atomic mass is 10.2. The molecular formula is C13H24N2O. The summed E-state index contributed by atoms with van der Waals surface area (Å²) in [6.45, 7) is 12.7. The van der Waals surface area contributed by atoms with Gasteiger partial charge in [0.05, 0.1) is 6.54 Å². The molecule has 3 heteroatoms. The molecule has 0 fully saturated rings. The van der Waals surface area contributed by atoms with Crippen LogP contribution in [-0.4, -0.2) is 30.6 Å². The summed E-state index contributed by atoms with van der Waals surface area (Å²) in [4.78, 5) is 2.44. The number of hydrogen-bond donors (Lipinski definition) is 1. The average Bonchev–Trinajstić information content (AvgIpc) is 2.66. The fraction of sp³-hybridized carbons (Fsp3) is 0.692. The Hall–Kier alpha value is -0.800. The second-order valence-electron chi connectivity index (χ2n) is 4.21. The van der Waals surface area contributed by atoms with Crippen molar-refractivity contribution >= 4 is 0 Å². The molecule has 0 spiro atoms. The molecular weight excluding hydrogens is 200 g/mol. The third-order valence-corrected chi connectivity index (χ3v) is 2.97. The maximum Gasteiger partial charge on any atom is 0.117 e. The van der Waals surface area contributed by atoms with Gasteiger partial charge in [-0.05, 0) is 39.1 Å². The van der Waals surface area contributed by atoms with Gasteiger partial charge in [-0.15, -0.1) is 0 Å². The summed E-state index contributed by atoms with van der Waals surface area (Å²) >= 11 is 0. The minimum atomic E-state index is 0.575. The van der Waals surface area contributed by atoms with Crippen molar-refractivity contribution in [3.63, 3.8) is 0 Å². The standard InChI is InChI=1S/C13H24N2O/c1-5-15(6-2)11(3)9-14-10-13-8-7-12(4)16-13/h7-8,11,14H,5-6,9-10H2,1-4H3. The molecule has 3 nitrogen and oxygen atoms in total. The zero-order chi connectivity index (χ0) is 12.0. The van der Waals surface area contributed by atoms with Crippen LogP contribution in [0.25, 0.3) is 0 Å². The van der Waals surface area contributed by atoms with Crippen molar-refractivity contribution < 1.29 is 4.42 Å². The molecule has 0 aliphatic heterocycles. The summed E-state index contributed by atoms with van der Waals surface area (Å²) in [6, 6.07) is 4.61. The second-order valence-corrected chi connectivity index (χ2v) is 4.21. The fourth-order valence-corrected chi connectivity index (χ4v) is 1.96. The van der Waals surface area contributed by atoms with E-state index >= 15 is 0 Å². The highest BCUT2D eigenvalue weighted by molar-refractivity contribution is 5.05. The van der Waals surface area contributed by atoms with Gasteiger partial charge < -0.3 is 9.73 Å². The largest absolute Gasteiger partial charge is 0.465 e. The Balaban J connectivity index is 2.24. The van der Waals surface area contributed by atoms with Crippen molar-refractivity contribution in [2.75, 3.05) is 19.6 Å². The lowest BCUT2D eigenvalue weighted by Crippen LogP contribution is -2.39. The summed E-state index contributed by atoms with van der Waals surface area (Å²) < 4.78 is 5.50. The van der Waals surface area contributed by atoms with E-state index < -0.39 is 0 Å². The molecule has 0 aliphatic carbocycles. The molecule has 0 amide bonds. The first kappa shape index (κ1) is 13.3. The van der Waals surface area contributed by atoms with Gasteiger partial charge in [0.1, 0.15) is 11.5 Å². The lowest BCUT2D eigenvalue weighted by Gasteiger charge is -2.26. The number of aryl methyl sites for hydroxylation is 1. The first-order valence-corrected chi connectivity index (χ1v) is 6.17. The first-order valence-electron chi connectivity index (χ1n) is 6.17. The average molecular weight is 224 g/mol. The predicted molar refractivity (Wildman–Crippen MR) is 67.5 cm³/mol. The smallest absolute Gasteiger partial charge is 0.117 e. The van der Waals surface area contributed by atoms with Crippen molar-refractivity contribution in [3.05, 3.63) is 23.7 Å². The number of nitrogens with one attached hydrogen (secondary N) is 1. The van der Waals surface area contributed by atoms with Crippen LogP contribution in [0.1, 0.15) is 32.3 Å². The summed E-state index contributed by atoms with van der Waals surface area (Å²) in [5.74, 6) is 2.00. The lowest BCUT2D eigenvalue weighted by molar-refractivity contribution is 0.224. The molecule has 92 valence electrons. The van der Waals surface area contributed by atoms with Crippen LogP contribution in [-0.2, 0) is 6.54 Å². The molecule has 1 N–H and O–H groups in total. The van der Waals surface area contributed by atoms with Gasteiger partial charge in [-0.2, -0.15) is 0 Å². The Labute approximate surface area is 98.8 Å². The van der Waals surface area contributed by atoms with Crippen LogP contribution in [0.2, 0.25) is 0 Å². The van der Waals surface area contributed by atoms with E-state index in [1.165, 1.54) is 0 Å². The van der Waals surface area contributed by atoms with E-state index in [0.717, 1.165) is 37.7 Å². The molecule has 1 aromatic heterocycles. The Morgan fingerprint density at radius 3 is 2.50 bits per heavy atom. The van der Waals surface area contributed by atoms with Crippen molar-refractivity contribution in [1.82, 2.24) is 10.2 Å². The number of nitrogens with zero attached hydrogens (tertiary/aromatic N) is 1. The molecule has 0 aromatic carbocycles. The van der Waals surface area contributed by atoms with Crippen LogP contribution >= 0.6 is 0 Å². The Morgan fingerprint density at radius 2 is 2.00 bits per heavy atom. The molecule has 0 bridgehead atoms. The van der Waals surface area contributed by atoms with E-state index in [-0.39, 0.29) is 0 Å². The molecule has 1 unspecified atom stereocenters. The second kappa shape index (κ2) is 6.71. The van der Waals surface area contributed by atoms with Crippen LogP contribution in [0.15, 0.2) is 16.5 Å². The highest BCUT2D eigenvalue weighted by Crippen LogP contribution is 2.05. The van der Waals surface area contributed by atoms with Gasteiger partial charge in [0, 0.05) is 12.6 Å². The molecule has 1 rings (SSSR count). The van der Waals surface area contributed by atoms with Gasteiger partial charge in [-0.3, -0.25) is 4.90 Å². The monoisotopic (exact) mass is 224 g/mol. The van der Waals surface area contributed by atoms with E-state index in [9.17, 15) is 0 Å². The molecule has 1 heterocycles. The molecule has 0 aliphatic rings. The summed E-state index contributed by atoms with van der Waals surface area (Å²) in [5, 5.41) is 3.43. The molecule has 0 saturated heterocycles. The fourth-order valence-electron chi connectivity index (χ4n) is 1.96. The molecule has 0 saturated carbocycles. The normalized spacial score (nSPS) is 13.3. The van der Waals surface area contributed by atoms with Crippen molar-refractivity contribution in [1.29, 1.82) is 0 Å². The number of likely N-dealkylation sites (N-methyl/N-ethyl adjacent to an activating group) is 1. The van der Waals surface area contributed by atoms with E-state index in [1.807, 2.05) is 19.1 Å². The summed E-state index contributed by atoms with van der Waals surface area (Å²) in [6.07, 6.45) is 0. The minimum absolute atomic E-state index is 0.575. The predicted octanol–water partition coefficient (Wildman–Crippen LogP) is 2.41. The molecule has 0 radical (unpaired) electrons. The van der Waals surface area contributed by atoms with E-state index in [1.54, 1.807) is 0 Å². The van der Waals surface area contributed by atoms with Crippen LogP contribution in [0, 0.1) is 6.92 Å². The van der Waals surface area contributed by atoms with E-state index in [0.29, 0.717) is 6.04 Å². The highest BCUT2D eigenvalue weighted by atomic mass is 16.3. The Morgan fingerprint density at radius 1 is 1.31 bits per heavy atom. The summed E-state index contributed by atoms with van der Waals surface area (Å²) in [7, 11) is 0. The van der Waals surface area contributed by atoms with Crippen LogP contribution in [0.4, 0.5) is 0 Å². The van der Waals surface area contributed by atoms with E-state index in [2.05, 4.69) is 31.0 Å². The number of rotatable bonds is 7. The topological polar surface area (TPSA) is 28.4 Å². The van der Waals surface area contributed by atoms with Gasteiger partial charge in [-0.1, -0.05) is 13.8 Å². The van der Waals surface area contributed by atoms with Crippen LogP contribution < -0.4 is 5.32 Å².